The summed E-state index contributed by atoms with van der Waals surface area (Å²) in [7, 11) is -1.97. The lowest BCUT2D eigenvalue weighted by atomic mass is 10.1. The number of hydrogen-bond donors (Lipinski definition) is 1. The van der Waals surface area contributed by atoms with Crippen LogP contribution in [0.15, 0.2) is 24.3 Å². The van der Waals surface area contributed by atoms with Gasteiger partial charge < -0.3 is 5.32 Å². The topological polar surface area (TPSA) is 24.9 Å². The Kier molecular flexibility index (Phi) is 6.14. The molecule has 0 atom stereocenters. The van der Waals surface area contributed by atoms with Gasteiger partial charge in [0.15, 0.2) is 0 Å². The first-order valence-electron chi connectivity index (χ1n) is 9.79. The maximum Gasteiger partial charge on any atom is 0.127 e. The van der Waals surface area contributed by atoms with E-state index in [4.69, 9.17) is 16.6 Å². The molecule has 0 radical (unpaired) electrons. The van der Waals surface area contributed by atoms with Crippen molar-refractivity contribution in [3.05, 3.63) is 29.3 Å². The number of nitrogens with zero attached hydrogens (tertiary/aromatic N) is 1. The molecule has 2 aromatic rings. The minimum absolute atomic E-state index is 0.0708. The predicted octanol–water partition coefficient (Wildman–Crippen LogP) is 6.98. The molecule has 1 aromatic heterocycles. The van der Waals surface area contributed by atoms with Crippen LogP contribution in [0.4, 0.5) is 5.82 Å². The molecule has 0 amide bonds. The van der Waals surface area contributed by atoms with Gasteiger partial charge in [-0.25, -0.2) is 4.98 Å². The zero-order chi connectivity index (χ0) is 19.9. The fourth-order valence-electron chi connectivity index (χ4n) is 4.88. The van der Waals surface area contributed by atoms with Crippen LogP contribution < -0.4 is 10.5 Å². The minimum atomic E-state index is -1.97. The van der Waals surface area contributed by atoms with E-state index >= 15 is 0 Å². The summed E-state index contributed by atoms with van der Waals surface area (Å²) in [5.74, 6) is 0.990. The van der Waals surface area contributed by atoms with Crippen molar-refractivity contribution in [2.75, 3.05) is 5.32 Å². The van der Waals surface area contributed by atoms with Crippen LogP contribution in [0.2, 0.25) is 21.6 Å². The zero-order valence-electron chi connectivity index (χ0n) is 17.9. The van der Waals surface area contributed by atoms with Crippen LogP contribution in [0.25, 0.3) is 10.9 Å². The van der Waals surface area contributed by atoms with E-state index in [0.29, 0.717) is 16.6 Å². The molecule has 0 unspecified atom stereocenters. The van der Waals surface area contributed by atoms with Gasteiger partial charge in [0, 0.05) is 16.1 Å². The van der Waals surface area contributed by atoms with Crippen molar-refractivity contribution in [1.29, 1.82) is 0 Å². The van der Waals surface area contributed by atoms with Gasteiger partial charge in [0.25, 0.3) is 0 Å². The number of fused-ring (bicyclic) bond motifs is 1. The molecule has 0 aliphatic heterocycles. The minimum Gasteiger partial charge on any atom is -0.366 e. The van der Waals surface area contributed by atoms with E-state index in [-0.39, 0.29) is 5.54 Å². The number of hydrogen-bond acceptors (Lipinski definition) is 2. The number of nitrogens with one attached hydrogen (secondary N) is 1. The molecular formula is C22H35ClN2Si. The standard InChI is InChI=1S/C22H35ClN2Si/c1-14(2)26(15(3)4,16(5)6)20-19(23)17-12-10-11-13-18(17)24-21(20)25-22(7,8)9/h10-16H,1-9H3,(H,24,25). The molecule has 1 N–H and O–H groups in total. The smallest absolute Gasteiger partial charge is 0.127 e. The Hall–Kier alpha value is -1.06. The van der Waals surface area contributed by atoms with Gasteiger partial charge in [-0.15, -0.1) is 0 Å². The number of benzene rings is 1. The first-order chi connectivity index (χ1) is 11.9. The van der Waals surface area contributed by atoms with Crippen molar-refractivity contribution in [2.45, 2.75) is 84.5 Å². The lowest BCUT2D eigenvalue weighted by Crippen LogP contribution is -2.57. The fraction of sp³-hybridized carbons (Fsp3) is 0.591. The van der Waals surface area contributed by atoms with E-state index in [1.54, 1.807) is 0 Å². The maximum absolute atomic E-state index is 7.15. The number of para-hydroxylation sites is 1. The van der Waals surface area contributed by atoms with Crippen molar-refractivity contribution in [2.24, 2.45) is 0 Å². The van der Waals surface area contributed by atoms with E-state index in [1.807, 2.05) is 6.07 Å². The van der Waals surface area contributed by atoms with Crippen LogP contribution in [0.3, 0.4) is 0 Å². The lowest BCUT2D eigenvalue weighted by Gasteiger charge is -2.45. The highest BCUT2D eigenvalue weighted by Crippen LogP contribution is 2.44. The molecule has 0 spiro atoms. The molecule has 144 valence electrons. The average Bonchev–Trinajstić information content (AvgIpc) is 2.48. The molecule has 4 heteroatoms. The van der Waals surface area contributed by atoms with Gasteiger partial charge in [-0.1, -0.05) is 71.3 Å². The van der Waals surface area contributed by atoms with Gasteiger partial charge in [-0.3, -0.25) is 0 Å². The molecule has 2 rings (SSSR count). The second-order valence-electron chi connectivity index (χ2n) is 9.44. The Bertz CT molecular complexity index is 754. The molecule has 0 aliphatic rings. The van der Waals surface area contributed by atoms with E-state index in [2.05, 4.69) is 85.8 Å². The van der Waals surface area contributed by atoms with Gasteiger partial charge in [0.1, 0.15) is 13.9 Å². The van der Waals surface area contributed by atoms with Crippen LogP contribution in [0, 0.1) is 0 Å². The Morgan fingerprint density at radius 1 is 0.923 bits per heavy atom. The van der Waals surface area contributed by atoms with Gasteiger partial charge in [-0.05, 0) is 43.5 Å². The summed E-state index contributed by atoms with van der Waals surface area (Å²) in [4.78, 5) is 5.07. The highest BCUT2D eigenvalue weighted by atomic mass is 35.5. The third kappa shape index (κ3) is 3.66. The second-order valence-corrected chi connectivity index (χ2v) is 15.6. The molecular weight excluding hydrogens is 356 g/mol. The van der Waals surface area contributed by atoms with Crippen molar-refractivity contribution in [1.82, 2.24) is 4.98 Å². The SMILES string of the molecule is CC(C)[Si](c1c(NC(C)(C)C)nc2ccccc2c1Cl)(C(C)C)C(C)C. The average molecular weight is 391 g/mol. The summed E-state index contributed by atoms with van der Waals surface area (Å²) in [5, 5.41) is 6.98. The van der Waals surface area contributed by atoms with Crippen molar-refractivity contribution in [3.63, 3.8) is 0 Å². The maximum atomic E-state index is 7.15. The van der Waals surface area contributed by atoms with Crippen molar-refractivity contribution < 1.29 is 0 Å². The molecule has 0 saturated carbocycles. The van der Waals surface area contributed by atoms with Crippen LogP contribution in [0.1, 0.15) is 62.3 Å². The molecule has 0 bridgehead atoms. The normalized spacial score (nSPS) is 13.3. The Morgan fingerprint density at radius 3 is 1.88 bits per heavy atom. The number of halogens is 1. The predicted molar refractivity (Wildman–Crippen MR) is 121 cm³/mol. The van der Waals surface area contributed by atoms with Gasteiger partial charge >= 0.3 is 0 Å². The lowest BCUT2D eigenvalue weighted by molar-refractivity contribution is 0.631. The van der Waals surface area contributed by atoms with Gasteiger partial charge in [0.2, 0.25) is 0 Å². The highest BCUT2D eigenvalue weighted by molar-refractivity contribution is 6.97. The fourth-order valence-corrected chi connectivity index (χ4v) is 12.4. The Balaban J connectivity index is 2.97. The summed E-state index contributed by atoms with van der Waals surface area (Å²) in [6.45, 7) is 20.8. The number of pyridine rings is 1. The highest BCUT2D eigenvalue weighted by Gasteiger charge is 2.48. The summed E-state index contributed by atoms with van der Waals surface area (Å²) in [5.41, 5.74) is 2.61. The molecule has 0 saturated heterocycles. The van der Waals surface area contributed by atoms with E-state index in [9.17, 15) is 0 Å². The van der Waals surface area contributed by atoms with Crippen molar-refractivity contribution in [3.8, 4) is 0 Å². The quantitative estimate of drug-likeness (QED) is 0.556. The summed E-state index contributed by atoms with van der Waals surface area (Å²) >= 11 is 7.15. The molecule has 26 heavy (non-hydrogen) atoms. The van der Waals surface area contributed by atoms with Gasteiger partial charge in [0.05, 0.1) is 10.5 Å². The van der Waals surface area contributed by atoms with Crippen LogP contribution in [0.5, 0.6) is 0 Å². The van der Waals surface area contributed by atoms with E-state index in [0.717, 1.165) is 21.7 Å². The van der Waals surface area contributed by atoms with E-state index in [1.165, 1.54) is 5.19 Å². The second kappa shape index (κ2) is 7.51. The molecule has 1 heterocycles. The number of aromatic nitrogens is 1. The van der Waals surface area contributed by atoms with Gasteiger partial charge in [-0.2, -0.15) is 0 Å². The van der Waals surface area contributed by atoms with Crippen LogP contribution in [-0.4, -0.2) is 18.6 Å². The van der Waals surface area contributed by atoms with E-state index < -0.39 is 8.07 Å². The van der Waals surface area contributed by atoms with Crippen LogP contribution >= 0.6 is 11.6 Å². The Morgan fingerprint density at radius 2 is 1.42 bits per heavy atom. The third-order valence-electron chi connectivity index (χ3n) is 5.62. The first-order valence-corrected chi connectivity index (χ1v) is 12.4. The largest absolute Gasteiger partial charge is 0.366 e. The number of anilines is 1. The first kappa shape index (κ1) is 21.2. The molecule has 2 nitrogen and oxygen atoms in total. The molecule has 0 fully saturated rings. The van der Waals surface area contributed by atoms with Crippen molar-refractivity contribution >= 4 is 41.6 Å². The number of rotatable bonds is 5. The molecule has 1 aromatic carbocycles. The third-order valence-corrected chi connectivity index (χ3v) is 13.3. The summed E-state index contributed by atoms with van der Waals surface area (Å²) in [6, 6.07) is 8.25. The monoisotopic (exact) mass is 390 g/mol. The summed E-state index contributed by atoms with van der Waals surface area (Å²) < 4.78 is 0. The Labute approximate surface area is 165 Å². The van der Waals surface area contributed by atoms with Crippen LogP contribution in [-0.2, 0) is 0 Å². The molecule has 0 aliphatic carbocycles. The zero-order valence-corrected chi connectivity index (χ0v) is 19.6. The summed E-state index contributed by atoms with van der Waals surface area (Å²) in [6.07, 6.45) is 0.